The van der Waals surface area contributed by atoms with Crippen molar-refractivity contribution in [2.45, 2.75) is 128 Å². The van der Waals surface area contributed by atoms with Crippen LogP contribution in [0.5, 0.6) is 0 Å². The molecule has 212 valence electrons. The molecule has 4 aliphatic heterocycles. The molecule has 0 aromatic carbocycles. The Hall–Kier alpha value is -1.23. The van der Waals surface area contributed by atoms with Crippen molar-refractivity contribution in [1.82, 2.24) is 9.80 Å². The molecule has 4 heterocycles. The number of rotatable bonds is 12. The largest absolute Gasteiger partial charge is 0.342 e. The summed E-state index contributed by atoms with van der Waals surface area (Å²) in [5.74, 6) is 2.72. The van der Waals surface area contributed by atoms with Gasteiger partial charge in [-0.3, -0.25) is 4.79 Å². The van der Waals surface area contributed by atoms with Gasteiger partial charge in [-0.15, -0.1) is 0 Å². The van der Waals surface area contributed by atoms with Gasteiger partial charge in [-0.1, -0.05) is 64.2 Å². The first-order chi connectivity index (χ1) is 18.2. The quantitative estimate of drug-likeness (QED) is 0.211. The fourth-order valence-electron chi connectivity index (χ4n) is 7.48. The number of hydrogen-bond acceptors (Lipinski definition) is 4. The van der Waals surface area contributed by atoms with Crippen molar-refractivity contribution in [3.8, 4) is 0 Å². The zero-order valence-corrected chi connectivity index (χ0v) is 23.8. The first-order valence-corrected chi connectivity index (χ1v) is 16.1. The van der Waals surface area contributed by atoms with Gasteiger partial charge in [0.1, 0.15) is 12.6 Å². The molecular formula is C32H56N2O3. The molecule has 0 radical (unpaired) electrons. The third kappa shape index (κ3) is 10.8. The highest BCUT2D eigenvalue weighted by molar-refractivity contribution is 5.79. The second-order valence-corrected chi connectivity index (χ2v) is 12.4. The van der Waals surface area contributed by atoms with Gasteiger partial charge in [0.2, 0.25) is 5.91 Å². The molecule has 37 heavy (non-hydrogen) atoms. The fraction of sp³-hybridized carbons (Fsp3) is 0.906. The molecule has 5 heteroatoms. The summed E-state index contributed by atoms with van der Waals surface area (Å²) < 4.78 is 0. The lowest BCUT2D eigenvalue weighted by molar-refractivity contribution is -0.142. The van der Waals surface area contributed by atoms with Crippen LogP contribution in [-0.4, -0.2) is 61.0 Å². The lowest BCUT2D eigenvalue weighted by Crippen LogP contribution is -2.51. The lowest BCUT2D eigenvalue weighted by Gasteiger charge is -2.47. The smallest absolute Gasteiger partial charge is 0.225 e. The number of piperidine rings is 2. The Balaban J connectivity index is 1.68. The van der Waals surface area contributed by atoms with Crippen LogP contribution in [0.15, 0.2) is 0 Å². The van der Waals surface area contributed by atoms with Crippen LogP contribution < -0.4 is 0 Å². The number of amides is 1. The van der Waals surface area contributed by atoms with Gasteiger partial charge in [-0.05, 0) is 82.2 Å². The highest BCUT2D eigenvalue weighted by Gasteiger charge is 2.41. The molecule has 0 saturated carbocycles. The zero-order valence-electron chi connectivity index (χ0n) is 23.8. The first-order valence-electron chi connectivity index (χ1n) is 16.1. The van der Waals surface area contributed by atoms with E-state index in [9.17, 15) is 14.4 Å². The monoisotopic (exact) mass is 516 g/mol. The molecule has 0 N–H and O–H groups in total. The van der Waals surface area contributed by atoms with Gasteiger partial charge >= 0.3 is 0 Å². The number of carbonyl (C=O) groups excluding carboxylic acids is 3. The molecule has 1 amide bonds. The van der Waals surface area contributed by atoms with Gasteiger partial charge in [0.25, 0.3) is 0 Å². The summed E-state index contributed by atoms with van der Waals surface area (Å²) in [6.07, 6.45) is 25.3. The van der Waals surface area contributed by atoms with Crippen LogP contribution in [0.2, 0.25) is 0 Å². The highest BCUT2D eigenvalue weighted by atomic mass is 16.2. The lowest BCUT2D eigenvalue weighted by atomic mass is 9.69. The van der Waals surface area contributed by atoms with Crippen molar-refractivity contribution < 1.29 is 14.4 Å². The molecule has 4 aliphatic rings. The van der Waals surface area contributed by atoms with Crippen LogP contribution in [0.25, 0.3) is 0 Å². The second kappa shape index (κ2) is 18.1. The van der Waals surface area contributed by atoms with Crippen LogP contribution >= 0.6 is 0 Å². The van der Waals surface area contributed by atoms with Gasteiger partial charge in [-0.25, -0.2) is 0 Å². The molecule has 0 spiro atoms. The molecule has 0 aromatic rings. The standard InChI is InChI=1S/C32H56N2O3/c35-23-15-9-5-7-12-18-29-26-33-20-13-8-4-2-1-3-6-11-17-28-25-30(31(29)19-22-33)27-34(32(28)37)21-14-10-16-24-36/h23-24,28-31H,1-22,25-27H2/t28-,29+,30+,31-/m1/s1. The first kappa shape index (κ1) is 30.3. The van der Waals surface area contributed by atoms with Crippen molar-refractivity contribution in [2.24, 2.45) is 23.7 Å². The van der Waals surface area contributed by atoms with Crippen molar-refractivity contribution in [2.75, 3.05) is 32.7 Å². The molecule has 4 rings (SSSR count). The van der Waals surface area contributed by atoms with Crippen LogP contribution in [0.3, 0.4) is 0 Å². The van der Waals surface area contributed by atoms with Crippen LogP contribution in [0, 0.1) is 23.7 Å². The Morgan fingerprint density at radius 2 is 1.38 bits per heavy atom. The number of unbranched alkanes of at least 4 members (excludes halogenated alkanes) is 6. The maximum atomic E-state index is 13.5. The van der Waals surface area contributed by atoms with Crippen molar-refractivity contribution >= 4 is 18.5 Å². The van der Waals surface area contributed by atoms with E-state index in [0.29, 0.717) is 24.7 Å². The Bertz CT molecular complexity index is 654. The van der Waals surface area contributed by atoms with Gasteiger partial charge in [-0.2, -0.15) is 0 Å². The molecule has 4 fully saturated rings. The van der Waals surface area contributed by atoms with Crippen molar-refractivity contribution in [3.05, 3.63) is 0 Å². The Morgan fingerprint density at radius 3 is 2.14 bits per heavy atom. The van der Waals surface area contributed by atoms with E-state index >= 15 is 0 Å². The third-order valence-corrected chi connectivity index (χ3v) is 9.61. The van der Waals surface area contributed by atoms with E-state index in [2.05, 4.69) is 9.80 Å². The van der Waals surface area contributed by atoms with E-state index in [4.69, 9.17) is 0 Å². The average molecular weight is 517 g/mol. The SMILES string of the molecule is O=CCCCCCC[C@H]1CN2CCCCCCCCCC[C@@H]3C[C@@H](CN(CCCCC=O)C3=O)[C@@H]1CC2. The molecule has 5 nitrogen and oxygen atoms in total. The minimum Gasteiger partial charge on any atom is -0.342 e. The fourth-order valence-corrected chi connectivity index (χ4v) is 7.48. The van der Waals surface area contributed by atoms with Gasteiger partial charge < -0.3 is 19.4 Å². The molecule has 4 saturated heterocycles. The third-order valence-electron chi connectivity index (χ3n) is 9.61. The number of hydrogen-bond donors (Lipinski definition) is 0. The molecule has 0 aromatic heterocycles. The maximum absolute atomic E-state index is 13.5. The topological polar surface area (TPSA) is 57.7 Å². The van der Waals surface area contributed by atoms with E-state index in [1.54, 1.807) is 0 Å². The summed E-state index contributed by atoms with van der Waals surface area (Å²) >= 11 is 0. The highest BCUT2D eigenvalue weighted by Crippen LogP contribution is 2.40. The van der Waals surface area contributed by atoms with Gasteiger partial charge in [0.05, 0.1) is 0 Å². The molecule has 1 unspecified atom stereocenters. The van der Waals surface area contributed by atoms with E-state index in [0.717, 1.165) is 69.6 Å². The predicted molar refractivity (Wildman–Crippen MR) is 151 cm³/mol. The molecule has 5 atom stereocenters. The van der Waals surface area contributed by atoms with Crippen LogP contribution in [0.4, 0.5) is 0 Å². The minimum atomic E-state index is 0.211. The van der Waals surface area contributed by atoms with Crippen molar-refractivity contribution in [1.29, 1.82) is 0 Å². The summed E-state index contributed by atoms with van der Waals surface area (Å²) in [5, 5.41) is 0. The zero-order chi connectivity index (χ0) is 26.1. The minimum absolute atomic E-state index is 0.211. The number of aldehydes is 2. The molecule has 0 aliphatic carbocycles. The number of carbonyl (C=O) groups is 3. The normalized spacial score (nSPS) is 30.1. The summed E-state index contributed by atoms with van der Waals surface area (Å²) in [5.41, 5.74) is 0. The summed E-state index contributed by atoms with van der Waals surface area (Å²) in [6, 6.07) is 0. The number of likely N-dealkylation sites (tertiary alicyclic amines) is 1. The molecular weight excluding hydrogens is 460 g/mol. The average Bonchev–Trinajstić information content (AvgIpc) is 2.91. The Labute approximate surface area is 227 Å². The number of nitrogens with zero attached hydrogens (tertiary/aromatic N) is 2. The van der Waals surface area contributed by atoms with E-state index < -0.39 is 0 Å². The maximum Gasteiger partial charge on any atom is 0.225 e. The van der Waals surface area contributed by atoms with Crippen molar-refractivity contribution in [3.63, 3.8) is 0 Å². The second-order valence-electron chi connectivity index (χ2n) is 12.4. The van der Waals surface area contributed by atoms with Gasteiger partial charge in [0.15, 0.2) is 0 Å². The van der Waals surface area contributed by atoms with Crippen LogP contribution in [0.1, 0.15) is 128 Å². The summed E-state index contributed by atoms with van der Waals surface area (Å²) in [4.78, 5) is 39.9. The van der Waals surface area contributed by atoms with E-state index in [1.807, 2.05) is 0 Å². The Morgan fingerprint density at radius 1 is 0.703 bits per heavy atom. The van der Waals surface area contributed by atoms with E-state index in [1.165, 1.54) is 103 Å². The predicted octanol–water partition coefficient (Wildman–Crippen LogP) is 6.82. The Kier molecular flexibility index (Phi) is 14.9. The molecule has 4 bridgehead atoms. The summed E-state index contributed by atoms with van der Waals surface area (Å²) in [7, 11) is 0. The number of fused-ring (bicyclic) bond motifs is 11. The van der Waals surface area contributed by atoms with Gasteiger partial charge in [0, 0.05) is 38.4 Å². The van der Waals surface area contributed by atoms with Crippen LogP contribution in [-0.2, 0) is 14.4 Å². The summed E-state index contributed by atoms with van der Waals surface area (Å²) in [6.45, 7) is 5.51. The van der Waals surface area contributed by atoms with E-state index in [-0.39, 0.29) is 5.92 Å².